The molecule has 1 unspecified atom stereocenters. The normalized spacial score (nSPS) is 23.2. The topological polar surface area (TPSA) is 68.2 Å². The average Bonchev–Trinajstić information content (AvgIpc) is 2.65. The average molecular weight is 210 g/mol. The Hall–Kier alpha value is -0.940. The molecule has 15 heavy (non-hydrogen) atoms. The highest BCUT2D eigenvalue weighted by molar-refractivity contribution is 5.04. The van der Waals surface area contributed by atoms with Crippen LogP contribution < -0.4 is 5.73 Å². The van der Waals surface area contributed by atoms with E-state index in [2.05, 4.69) is 15.2 Å². The summed E-state index contributed by atoms with van der Waals surface area (Å²) in [6, 6.07) is 0.495. The molecule has 0 bridgehead atoms. The van der Waals surface area contributed by atoms with Gasteiger partial charge in [0.05, 0.1) is 0 Å². The Morgan fingerprint density at radius 1 is 1.47 bits per heavy atom. The molecule has 1 aliphatic heterocycles. The highest BCUT2D eigenvalue weighted by Crippen LogP contribution is 2.18. The van der Waals surface area contributed by atoms with Gasteiger partial charge in [-0.05, 0) is 26.3 Å². The SMILES string of the molecule is Cc1nonc1CN1CCCCC1CN. The zero-order valence-electron chi connectivity index (χ0n) is 9.15. The summed E-state index contributed by atoms with van der Waals surface area (Å²) < 4.78 is 4.70. The first-order chi connectivity index (χ1) is 7.31. The second-order valence-electron chi connectivity index (χ2n) is 4.15. The van der Waals surface area contributed by atoms with Gasteiger partial charge in [0.1, 0.15) is 11.4 Å². The van der Waals surface area contributed by atoms with Gasteiger partial charge < -0.3 is 5.73 Å². The Labute approximate surface area is 89.6 Å². The lowest BCUT2D eigenvalue weighted by atomic mass is 10.0. The van der Waals surface area contributed by atoms with Crippen LogP contribution in [0.4, 0.5) is 0 Å². The lowest BCUT2D eigenvalue weighted by molar-refractivity contribution is 0.140. The molecule has 2 rings (SSSR count). The summed E-state index contributed by atoms with van der Waals surface area (Å²) in [5.74, 6) is 0. The van der Waals surface area contributed by atoms with E-state index in [0.29, 0.717) is 6.04 Å². The van der Waals surface area contributed by atoms with Crippen molar-refractivity contribution in [2.75, 3.05) is 13.1 Å². The van der Waals surface area contributed by atoms with Gasteiger partial charge in [0.2, 0.25) is 0 Å². The number of aromatic nitrogens is 2. The molecule has 2 N–H and O–H groups in total. The lowest BCUT2D eigenvalue weighted by Gasteiger charge is -2.34. The van der Waals surface area contributed by atoms with E-state index in [1.54, 1.807) is 0 Å². The van der Waals surface area contributed by atoms with Crippen molar-refractivity contribution in [2.45, 2.75) is 38.8 Å². The largest absolute Gasteiger partial charge is 0.329 e. The molecule has 5 heteroatoms. The van der Waals surface area contributed by atoms with Gasteiger partial charge in [-0.15, -0.1) is 0 Å². The molecule has 0 spiro atoms. The fraction of sp³-hybridized carbons (Fsp3) is 0.800. The van der Waals surface area contributed by atoms with Gasteiger partial charge in [0, 0.05) is 19.1 Å². The van der Waals surface area contributed by atoms with E-state index in [9.17, 15) is 0 Å². The molecule has 0 aliphatic carbocycles. The Balaban J connectivity index is 2.00. The minimum Gasteiger partial charge on any atom is -0.329 e. The predicted octanol–water partition coefficient (Wildman–Crippen LogP) is 0.691. The van der Waals surface area contributed by atoms with Crippen LogP contribution in [0.2, 0.25) is 0 Å². The summed E-state index contributed by atoms with van der Waals surface area (Å²) in [5, 5.41) is 7.70. The molecule has 1 aromatic rings. The predicted molar refractivity (Wildman–Crippen MR) is 56.1 cm³/mol. The van der Waals surface area contributed by atoms with E-state index in [-0.39, 0.29) is 0 Å². The van der Waals surface area contributed by atoms with Gasteiger partial charge in [-0.1, -0.05) is 16.7 Å². The van der Waals surface area contributed by atoms with Crippen molar-refractivity contribution in [1.82, 2.24) is 15.2 Å². The summed E-state index contributed by atoms with van der Waals surface area (Å²) in [6.45, 7) is 4.57. The molecule has 84 valence electrons. The van der Waals surface area contributed by atoms with Gasteiger partial charge in [-0.25, -0.2) is 4.63 Å². The molecule has 0 radical (unpaired) electrons. The van der Waals surface area contributed by atoms with Crippen LogP contribution in [0, 0.1) is 6.92 Å². The maximum Gasteiger partial charge on any atom is 0.122 e. The number of hydrogen-bond donors (Lipinski definition) is 1. The zero-order chi connectivity index (χ0) is 10.7. The van der Waals surface area contributed by atoms with Crippen LogP contribution in [-0.4, -0.2) is 34.3 Å². The van der Waals surface area contributed by atoms with Gasteiger partial charge in [0.15, 0.2) is 0 Å². The fourth-order valence-electron chi connectivity index (χ4n) is 2.12. The Morgan fingerprint density at radius 3 is 3.00 bits per heavy atom. The van der Waals surface area contributed by atoms with Crippen molar-refractivity contribution >= 4 is 0 Å². The van der Waals surface area contributed by atoms with Crippen molar-refractivity contribution < 1.29 is 4.63 Å². The molecule has 0 saturated carbocycles. The molecule has 1 saturated heterocycles. The number of hydrogen-bond acceptors (Lipinski definition) is 5. The van der Waals surface area contributed by atoms with Gasteiger partial charge in [-0.3, -0.25) is 4.90 Å². The summed E-state index contributed by atoms with van der Waals surface area (Å²) >= 11 is 0. The number of nitrogens with zero attached hydrogens (tertiary/aromatic N) is 3. The molecule has 1 aliphatic rings. The second-order valence-corrected chi connectivity index (χ2v) is 4.15. The van der Waals surface area contributed by atoms with Gasteiger partial charge in [-0.2, -0.15) is 0 Å². The molecule has 1 atom stereocenters. The van der Waals surface area contributed by atoms with E-state index in [1.165, 1.54) is 19.3 Å². The van der Waals surface area contributed by atoms with Crippen molar-refractivity contribution in [2.24, 2.45) is 5.73 Å². The van der Waals surface area contributed by atoms with Crippen LogP contribution in [0.3, 0.4) is 0 Å². The first-order valence-electron chi connectivity index (χ1n) is 5.53. The molecule has 2 heterocycles. The van der Waals surface area contributed by atoms with Gasteiger partial charge >= 0.3 is 0 Å². The van der Waals surface area contributed by atoms with E-state index in [1.807, 2.05) is 6.92 Å². The number of rotatable bonds is 3. The van der Waals surface area contributed by atoms with E-state index in [4.69, 9.17) is 10.4 Å². The van der Waals surface area contributed by atoms with Crippen LogP contribution in [0.5, 0.6) is 0 Å². The van der Waals surface area contributed by atoms with Crippen LogP contribution in [0.15, 0.2) is 4.63 Å². The van der Waals surface area contributed by atoms with Crippen LogP contribution in [-0.2, 0) is 6.54 Å². The fourth-order valence-corrected chi connectivity index (χ4v) is 2.12. The third-order valence-electron chi connectivity index (χ3n) is 3.12. The minimum atomic E-state index is 0.495. The molecule has 1 aromatic heterocycles. The highest BCUT2D eigenvalue weighted by Gasteiger charge is 2.22. The standard InChI is InChI=1S/C10H18N4O/c1-8-10(13-15-12-8)7-14-5-3-2-4-9(14)6-11/h9H,2-7,11H2,1H3. The van der Waals surface area contributed by atoms with Gasteiger partial charge in [0.25, 0.3) is 0 Å². The first kappa shape index (κ1) is 10.6. The minimum absolute atomic E-state index is 0.495. The third kappa shape index (κ3) is 2.35. The van der Waals surface area contributed by atoms with Crippen molar-refractivity contribution in [3.8, 4) is 0 Å². The quantitative estimate of drug-likeness (QED) is 0.795. The lowest BCUT2D eigenvalue weighted by Crippen LogP contribution is -2.43. The van der Waals surface area contributed by atoms with Crippen LogP contribution in [0.25, 0.3) is 0 Å². The summed E-state index contributed by atoms with van der Waals surface area (Å²) in [7, 11) is 0. The zero-order valence-corrected chi connectivity index (χ0v) is 9.15. The smallest absolute Gasteiger partial charge is 0.122 e. The summed E-state index contributed by atoms with van der Waals surface area (Å²) in [4.78, 5) is 2.38. The number of piperidine rings is 1. The molecule has 5 nitrogen and oxygen atoms in total. The maximum atomic E-state index is 5.76. The number of likely N-dealkylation sites (tertiary alicyclic amines) is 1. The summed E-state index contributed by atoms with van der Waals surface area (Å²) in [6.07, 6.45) is 3.73. The number of nitrogens with two attached hydrogens (primary N) is 1. The third-order valence-corrected chi connectivity index (χ3v) is 3.12. The first-order valence-corrected chi connectivity index (χ1v) is 5.53. The Morgan fingerprint density at radius 2 is 2.33 bits per heavy atom. The number of aryl methyl sites for hydroxylation is 1. The second kappa shape index (κ2) is 4.72. The highest BCUT2D eigenvalue weighted by atomic mass is 16.6. The monoisotopic (exact) mass is 210 g/mol. The molecule has 0 amide bonds. The molecule has 1 fully saturated rings. The van der Waals surface area contributed by atoms with Crippen LogP contribution >= 0.6 is 0 Å². The van der Waals surface area contributed by atoms with Crippen LogP contribution in [0.1, 0.15) is 30.7 Å². The van der Waals surface area contributed by atoms with E-state index < -0.39 is 0 Å². The Kier molecular flexibility index (Phi) is 3.33. The maximum absolute atomic E-state index is 5.76. The van der Waals surface area contributed by atoms with Crippen molar-refractivity contribution in [3.05, 3.63) is 11.4 Å². The van der Waals surface area contributed by atoms with E-state index in [0.717, 1.165) is 31.0 Å². The van der Waals surface area contributed by atoms with Crippen molar-refractivity contribution in [3.63, 3.8) is 0 Å². The van der Waals surface area contributed by atoms with Crippen molar-refractivity contribution in [1.29, 1.82) is 0 Å². The molecular weight excluding hydrogens is 192 g/mol. The Bertz CT molecular complexity index is 312. The van der Waals surface area contributed by atoms with E-state index >= 15 is 0 Å². The molecule has 0 aromatic carbocycles. The summed E-state index contributed by atoms with van der Waals surface area (Å²) in [5.41, 5.74) is 7.59. The molecular formula is C10H18N4O.